The van der Waals surface area contributed by atoms with E-state index >= 15 is 0 Å². The predicted octanol–water partition coefficient (Wildman–Crippen LogP) is 3.30. The normalized spacial score (nSPS) is 11.0. The molecular formula is C18H18ClN3O3. The maximum absolute atomic E-state index is 11.9. The van der Waals surface area contributed by atoms with Crippen LogP contribution in [0.4, 0.5) is 0 Å². The van der Waals surface area contributed by atoms with Crippen LogP contribution in [0.15, 0.2) is 36.7 Å². The van der Waals surface area contributed by atoms with Crippen molar-refractivity contribution in [2.45, 2.75) is 19.9 Å². The van der Waals surface area contributed by atoms with E-state index in [-0.39, 0.29) is 11.4 Å². The summed E-state index contributed by atoms with van der Waals surface area (Å²) in [6.45, 7) is 2.77. The number of aryl methyl sites for hydroxylation is 1. The number of hydroxylamine groups is 1. The molecule has 1 amide bonds. The largest absolute Gasteiger partial charge is 0.508 e. The van der Waals surface area contributed by atoms with Gasteiger partial charge in [0, 0.05) is 35.8 Å². The van der Waals surface area contributed by atoms with Crippen molar-refractivity contribution in [1.82, 2.24) is 15.0 Å². The molecule has 25 heavy (non-hydrogen) atoms. The average molecular weight is 360 g/mol. The fourth-order valence-corrected chi connectivity index (χ4v) is 3.02. The Morgan fingerprint density at radius 3 is 2.88 bits per heavy atom. The van der Waals surface area contributed by atoms with Crippen LogP contribution in [0.3, 0.4) is 0 Å². The van der Waals surface area contributed by atoms with Crippen LogP contribution in [-0.4, -0.2) is 27.7 Å². The molecule has 0 aliphatic carbocycles. The second-order valence-corrected chi connectivity index (χ2v) is 6.05. The first-order chi connectivity index (χ1) is 12.0. The van der Waals surface area contributed by atoms with Crippen molar-refractivity contribution in [3.05, 3.63) is 58.5 Å². The highest BCUT2D eigenvalue weighted by Crippen LogP contribution is 2.28. The van der Waals surface area contributed by atoms with Crippen LogP contribution in [0, 0.1) is 0 Å². The number of phenolic OH excluding ortho intramolecular Hbond substituents is 1. The molecule has 130 valence electrons. The molecular weight excluding hydrogens is 342 g/mol. The highest BCUT2D eigenvalue weighted by molar-refractivity contribution is 6.30. The van der Waals surface area contributed by atoms with E-state index in [1.807, 2.05) is 17.7 Å². The molecule has 6 nitrogen and oxygen atoms in total. The number of phenols is 1. The van der Waals surface area contributed by atoms with E-state index in [1.54, 1.807) is 30.5 Å². The number of aromatic hydroxyl groups is 1. The number of amides is 1. The highest BCUT2D eigenvalue weighted by Gasteiger charge is 2.14. The molecule has 3 aromatic rings. The molecule has 0 saturated carbocycles. The van der Waals surface area contributed by atoms with Gasteiger partial charge in [0.1, 0.15) is 11.4 Å². The minimum absolute atomic E-state index is 0.200. The van der Waals surface area contributed by atoms with Crippen LogP contribution in [0.2, 0.25) is 5.02 Å². The van der Waals surface area contributed by atoms with Crippen LogP contribution < -0.4 is 5.48 Å². The maximum Gasteiger partial charge on any atom is 0.293 e. The van der Waals surface area contributed by atoms with Gasteiger partial charge in [0.05, 0.1) is 12.6 Å². The van der Waals surface area contributed by atoms with Gasteiger partial charge >= 0.3 is 0 Å². The molecule has 0 aliphatic heterocycles. The average Bonchev–Trinajstić information content (AvgIpc) is 2.95. The Morgan fingerprint density at radius 1 is 1.36 bits per heavy atom. The summed E-state index contributed by atoms with van der Waals surface area (Å²) in [5, 5.41) is 11.6. The summed E-state index contributed by atoms with van der Waals surface area (Å²) in [7, 11) is 1.38. The molecule has 0 aliphatic rings. The van der Waals surface area contributed by atoms with Gasteiger partial charge in [0.2, 0.25) is 0 Å². The molecule has 3 rings (SSSR count). The number of nitrogens with zero attached hydrogens (tertiary/aromatic N) is 2. The summed E-state index contributed by atoms with van der Waals surface area (Å²) in [6.07, 6.45) is 4.19. The molecule has 7 heteroatoms. The lowest BCUT2D eigenvalue weighted by Crippen LogP contribution is -2.22. The molecule has 2 aromatic heterocycles. The smallest absolute Gasteiger partial charge is 0.293 e. The summed E-state index contributed by atoms with van der Waals surface area (Å²) in [5.41, 5.74) is 5.18. The third-order valence-corrected chi connectivity index (χ3v) is 4.27. The maximum atomic E-state index is 11.9. The summed E-state index contributed by atoms with van der Waals surface area (Å²) in [4.78, 5) is 20.8. The molecule has 2 heterocycles. The summed E-state index contributed by atoms with van der Waals surface area (Å²) >= 11 is 6.03. The van der Waals surface area contributed by atoms with Gasteiger partial charge in [-0.15, -0.1) is 0 Å². The van der Waals surface area contributed by atoms with Gasteiger partial charge in [-0.1, -0.05) is 11.6 Å². The number of halogens is 1. The standard InChI is InChI=1S/C18H18ClN3O3/c1-3-22-10-12(6-11-7-13(19)4-5-17(11)23)14-9-20-15(8-16(14)22)18(24)21-25-2/h4-5,7-10,23H,3,6H2,1-2H3,(H,21,24). The van der Waals surface area contributed by atoms with Crippen LogP contribution in [0.25, 0.3) is 10.9 Å². The number of carbonyl (C=O) groups is 1. The number of rotatable bonds is 5. The zero-order valence-corrected chi connectivity index (χ0v) is 14.7. The number of hydrogen-bond acceptors (Lipinski definition) is 4. The molecule has 0 unspecified atom stereocenters. The van der Waals surface area contributed by atoms with E-state index in [4.69, 9.17) is 11.6 Å². The van der Waals surface area contributed by atoms with Gasteiger partial charge in [0.15, 0.2) is 0 Å². The number of hydrogen-bond donors (Lipinski definition) is 2. The van der Waals surface area contributed by atoms with E-state index in [9.17, 15) is 9.90 Å². The van der Waals surface area contributed by atoms with Gasteiger partial charge in [-0.3, -0.25) is 14.6 Å². The van der Waals surface area contributed by atoms with Crippen molar-refractivity contribution in [3.63, 3.8) is 0 Å². The van der Waals surface area contributed by atoms with Crippen LogP contribution >= 0.6 is 11.6 Å². The van der Waals surface area contributed by atoms with E-state index in [1.165, 1.54) is 7.11 Å². The van der Waals surface area contributed by atoms with Gasteiger partial charge in [-0.25, -0.2) is 5.48 Å². The zero-order chi connectivity index (χ0) is 18.0. The van der Waals surface area contributed by atoms with Crippen molar-refractivity contribution in [2.75, 3.05) is 7.11 Å². The lowest BCUT2D eigenvalue weighted by Gasteiger charge is -2.05. The predicted molar refractivity (Wildman–Crippen MR) is 95.8 cm³/mol. The lowest BCUT2D eigenvalue weighted by atomic mass is 10.0. The number of benzene rings is 1. The fourth-order valence-electron chi connectivity index (χ4n) is 2.83. The molecule has 1 aromatic carbocycles. The van der Waals surface area contributed by atoms with Crippen LogP contribution in [0.5, 0.6) is 5.75 Å². The Balaban J connectivity index is 2.04. The molecule has 0 saturated heterocycles. The zero-order valence-electron chi connectivity index (χ0n) is 13.9. The monoisotopic (exact) mass is 359 g/mol. The Labute approximate surface area is 150 Å². The van der Waals surface area contributed by atoms with Gasteiger partial charge in [0.25, 0.3) is 5.91 Å². The van der Waals surface area contributed by atoms with Crippen molar-refractivity contribution in [3.8, 4) is 5.75 Å². The molecule has 0 fully saturated rings. The van der Waals surface area contributed by atoms with E-state index in [0.717, 1.165) is 28.6 Å². The Kier molecular flexibility index (Phi) is 4.92. The summed E-state index contributed by atoms with van der Waals surface area (Å²) in [6, 6.07) is 6.72. The summed E-state index contributed by atoms with van der Waals surface area (Å²) in [5.74, 6) is -0.201. The quantitative estimate of drug-likeness (QED) is 0.685. The van der Waals surface area contributed by atoms with Crippen molar-refractivity contribution < 1.29 is 14.7 Å². The third kappa shape index (κ3) is 3.45. The van der Waals surface area contributed by atoms with E-state index in [2.05, 4.69) is 15.3 Å². The molecule has 0 atom stereocenters. The molecule has 0 radical (unpaired) electrons. The van der Waals surface area contributed by atoms with E-state index < -0.39 is 5.91 Å². The second-order valence-electron chi connectivity index (χ2n) is 5.61. The van der Waals surface area contributed by atoms with Gasteiger partial charge < -0.3 is 9.67 Å². The SMILES string of the molecule is CCn1cc(Cc2cc(Cl)ccc2O)c2cnc(C(=O)NOC)cc21. The second kappa shape index (κ2) is 7.13. The Bertz CT molecular complexity index is 937. The number of pyridine rings is 1. The minimum Gasteiger partial charge on any atom is -0.508 e. The Hall–Kier alpha value is -2.57. The number of aromatic nitrogens is 2. The van der Waals surface area contributed by atoms with Crippen molar-refractivity contribution in [2.24, 2.45) is 0 Å². The van der Waals surface area contributed by atoms with Crippen molar-refractivity contribution in [1.29, 1.82) is 0 Å². The molecule has 0 spiro atoms. The number of carbonyl (C=O) groups excluding carboxylic acids is 1. The van der Waals surface area contributed by atoms with E-state index in [0.29, 0.717) is 11.4 Å². The number of fused-ring (bicyclic) bond motifs is 1. The van der Waals surface area contributed by atoms with Gasteiger partial charge in [-0.05, 0) is 42.3 Å². The fraction of sp³-hybridized carbons (Fsp3) is 0.222. The first-order valence-electron chi connectivity index (χ1n) is 7.82. The van der Waals surface area contributed by atoms with Crippen molar-refractivity contribution >= 4 is 28.4 Å². The van der Waals surface area contributed by atoms with Gasteiger partial charge in [-0.2, -0.15) is 0 Å². The summed E-state index contributed by atoms with van der Waals surface area (Å²) < 4.78 is 2.04. The van der Waals surface area contributed by atoms with Crippen LogP contribution in [-0.2, 0) is 17.8 Å². The topological polar surface area (TPSA) is 76.4 Å². The third-order valence-electron chi connectivity index (χ3n) is 4.04. The minimum atomic E-state index is -0.401. The first-order valence-corrected chi connectivity index (χ1v) is 8.19. The lowest BCUT2D eigenvalue weighted by molar-refractivity contribution is 0.0532. The molecule has 2 N–H and O–H groups in total. The highest BCUT2D eigenvalue weighted by atomic mass is 35.5. The van der Waals surface area contributed by atoms with Crippen LogP contribution in [0.1, 0.15) is 28.5 Å². The molecule has 0 bridgehead atoms. The Morgan fingerprint density at radius 2 is 2.16 bits per heavy atom. The number of nitrogens with one attached hydrogen (secondary N) is 1. The first kappa shape index (κ1) is 17.3.